The molecule has 0 atom stereocenters. The summed E-state index contributed by atoms with van der Waals surface area (Å²) in [5, 5.41) is 10.4. The molecule has 0 amide bonds. The number of unbranched alkanes of at least 4 members (excludes halogenated alkanes) is 2. The molecular formula is C11H16N2O2. The van der Waals surface area contributed by atoms with Crippen molar-refractivity contribution in [1.29, 1.82) is 0 Å². The third kappa shape index (κ3) is 4.08. The minimum absolute atomic E-state index is 0.153. The van der Waals surface area contributed by atoms with E-state index >= 15 is 0 Å². The van der Waals surface area contributed by atoms with Gasteiger partial charge in [0.05, 0.1) is 4.92 Å². The number of rotatable bonds is 6. The highest BCUT2D eigenvalue weighted by Gasteiger charge is 2.03. The molecular weight excluding hydrogens is 192 g/mol. The molecule has 15 heavy (non-hydrogen) atoms. The van der Waals surface area contributed by atoms with E-state index in [0.717, 1.165) is 37.8 Å². The number of nitro groups is 1. The Labute approximate surface area is 89.2 Å². The van der Waals surface area contributed by atoms with E-state index in [-0.39, 0.29) is 10.6 Å². The number of nitrogens with zero attached hydrogens (tertiary/aromatic N) is 1. The van der Waals surface area contributed by atoms with Crippen LogP contribution in [0.3, 0.4) is 0 Å². The smallest absolute Gasteiger partial charge is 0.269 e. The highest BCUT2D eigenvalue weighted by atomic mass is 16.6. The fraction of sp³-hybridized carbons (Fsp3) is 0.455. The molecule has 0 bridgehead atoms. The standard InChI is InChI=1S/C11H16N2O2/c12-9-3-1-2-4-10-5-7-11(8-6-10)13(14)15/h5-8H,1-4,9,12H2. The number of nitro benzene ring substituents is 1. The average molecular weight is 208 g/mol. The number of benzene rings is 1. The molecule has 0 spiro atoms. The normalized spacial score (nSPS) is 10.2. The first-order valence-corrected chi connectivity index (χ1v) is 5.17. The molecule has 4 heteroatoms. The van der Waals surface area contributed by atoms with Crippen molar-refractivity contribution in [2.75, 3.05) is 6.54 Å². The van der Waals surface area contributed by atoms with Crippen LogP contribution in [0.5, 0.6) is 0 Å². The molecule has 1 aromatic rings. The van der Waals surface area contributed by atoms with E-state index in [1.54, 1.807) is 12.1 Å². The Morgan fingerprint density at radius 2 is 1.80 bits per heavy atom. The largest absolute Gasteiger partial charge is 0.330 e. The molecule has 0 radical (unpaired) electrons. The second-order valence-corrected chi connectivity index (χ2v) is 3.52. The lowest BCUT2D eigenvalue weighted by atomic mass is 10.1. The molecule has 1 aromatic carbocycles. The molecule has 0 aliphatic carbocycles. The lowest BCUT2D eigenvalue weighted by molar-refractivity contribution is -0.384. The van der Waals surface area contributed by atoms with Gasteiger partial charge < -0.3 is 5.73 Å². The van der Waals surface area contributed by atoms with Crippen LogP contribution in [0.25, 0.3) is 0 Å². The molecule has 2 N–H and O–H groups in total. The average Bonchev–Trinajstić information content (AvgIpc) is 2.25. The highest BCUT2D eigenvalue weighted by Crippen LogP contribution is 2.13. The number of hydrogen-bond acceptors (Lipinski definition) is 3. The van der Waals surface area contributed by atoms with Gasteiger partial charge in [-0.2, -0.15) is 0 Å². The van der Waals surface area contributed by atoms with Crippen molar-refractivity contribution in [2.45, 2.75) is 25.7 Å². The van der Waals surface area contributed by atoms with Gasteiger partial charge in [-0.25, -0.2) is 0 Å². The second-order valence-electron chi connectivity index (χ2n) is 3.52. The molecule has 0 aromatic heterocycles. The van der Waals surface area contributed by atoms with Gasteiger partial charge in [-0.1, -0.05) is 18.6 Å². The van der Waals surface area contributed by atoms with Gasteiger partial charge in [0.25, 0.3) is 5.69 Å². The van der Waals surface area contributed by atoms with Crippen LogP contribution in [0.4, 0.5) is 5.69 Å². The van der Waals surface area contributed by atoms with Crippen molar-refractivity contribution >= 4 is 5.69 Å². The predicted molar refractivity (Wildman–Crippen MR) is 59.7 cm³/mol. The Morgan fingerprint density at radius 1 is 1.13 bits per heavy atom. The monoisotopic (exact) mass is 208 g/mol. The first-order chi connectivity index (χ1) is 7.24. The van der Waals surface area contributed by atoms with Gasteiger partial charge in [0.1, 0.15) is 0 Å². The summed E-state index contributed by atoms with van der Waals surface area (Å²) in [7, 11) is 0. The number of non-ortho nitro benzene ring substituents is 1. The summed E-state index contributed by atoms with van der Waals surface area (Å²) in [5.41, 5.74) is 6.69. The van der Waals surface area contributed by atoms with Crippen LogP contribution >= 0.6 is 0 Å². The molecule has 82 valence electrons. The molecule has 0 aliphatic rings. The Kier molecular flexibility index (Phi) is 4.77. The summed E-state index contributed by atoms with van der Waals surface area (Å²) < 4.78 is 0. The van der Waals surface area contributed by atoms with E-state index in [0.29, 0.717) is 0 Å². The first kappa shape index (κ1) is 11.7. The van der Waals surface area contributed by atoms with Crippen molar-refractivity contribution in [3.05, 3.63) is 39.9 Å². The molecule has 0 saturated heterocycles. The van der Waals surface area contributed by atoms with Crippen LogP contribution < -0.4 is 5.73 Å². The van der Waals surface area contributed by atoms with Gasteiger partial charge >= 0.3 is 0 Å². The SMILES string of the molecule is NCCCCCc1ccc([N+](=O)[O-])cc1. The van der Waals surface area contributed by atoms with Gasteiger partial charge in [-0.05, 0) is 31.4 Å². The van der Waals surface area contributed by atoms with Crippen molar-refractivity contribution in [1.82, 2.24) is 0 Å². The van der Waals surface area contributed by atoms with E-state index in [9.17, 15) is 10.1 Å². The molecule has 4 nitrogen and oxygen atoms in total. The van der Waals surface area contributed by atoms with Crippen molar-refractivity contribution in [3.63, 3.8) is 0 Å². The molecule has 0 aliphatic heterocycles. The summed E-state index contributed by atoms with van der Waals surface area (Å²) in [6.07, 6.45) is 4.23. The molecule has 0 heterocycles. The van der Waals surface area contributed by atoms with Crippen LogP contribution in [0, 0.1) is 10.1 Å². The minimum Gasteiger partial charge on any atom is -0.330 e. The summed E-state index contributed by atoms with van der Waals surface area (Å²) >= 11 is 0. The van der Waals surface area contributed by atoms with Crippen molar-refractivity contribution in [2.24, 2.45) is 5.73 Å². The third-order valence-electron chi connectivity index (χ3n) is 2.32. The third-order valence-corrected chi connectivity index (χ3v) is 2.32. The molecule has 0 saturated carbocycles. The fourth-order valence-electron chi connectivity index (χ4n) is 1.43. The first-order valence-electron chi connectivity index (χ1n) is 5.17. The fourth-order valence-corrected chi connectivity index (χ4v) is 1.43. The van der Waals surface area contributed by atoms with E-state index in [1.807, 2.05) is 12.1 Å². The van der Waals surface area contributed by atoms with Crippen LogP contribution in [0.15, 0.2) is 24.3 Å². The van der Waals surface area contributed by atoms with Gasteiger partial charge in [-0.15, -0.1) is 0 Å². The van der Waals surface area contributed by atoms with Crippen molar-refractivity contribution in [3.8, 4) is 0 Å². The summed E-state index contributed by atoms with van der Waals surface area (Å²) in [4.78, 5) is 10.0. The van der Waals surface area contributed by atoms with E-state index in [4.69, 9.17) is 5.73 Å². The highest BCUT2D eigenvalue weighted by molar-refractivity contribution is 5.32. The zero-order valence-corrected chi connectivity index (χ0v) is 8.69. The second kappa shape index (κ2) is 6.14. The van der Waals surface area contributed by atoms with Gasteiger partial charge in [-0.3, -0.25) is 10.1 Å². The predicted octanol–water partition coefficient (Wildman–Crippen LogP) is 2.27. The number of aryl methyl sites for hydroxylation is 1. The van der Waals surface area contributed by atoms with Crippen LogP contribution in [-0.4, -0.2) is 11.5 Å². The van der Waals surface area contributed by atoms with E-state index in [2.05, 4.69) is 0 Å². The molecule has 0 unspecified atom stereocenters. The van der Waals surface area contributed by atoms with E-state index in [1.165, 1.54) is 0 Å². The molecule has 0 fully saturated rings. The number of nitrogens with two attached hydrogens (primary N) is 1. The van der Waals surface area contributed by atoms with Crippen LogP contribution in [0.1, 0.15) is 24.8 Å². The zero-order valence-electron chi connectivity index (χ0n) is 8.69. The lowest BCUT2D eigenvalue weighted by Gasteiger charge is -2.00. The summed E-state index contributed by atoms with van der Waals surface area (Å²) in [6.45, 7) is 0.736. The maximum absolute atomic E-state index is 10.4. The molecule has 1 rings (SSSR count). The van der Waals surface area contributed by atoms with Gasteiger partial charge in [0.2, 0.25) is 0 Å². The minimum atomic E-state index is -0.377. The van der Waals surface area contributed by atoms with Crippen LogP contribution in [0.2, 0.25) is 0 Å². The van der Waals surface area contributed by atoms with Gasteiger partial charge in [0, 0.05) is 12.1 Å². The summed E-state index contributed by atoms with van der Waals surface area (Å²) in [6, 6.07) is 6.75. The van der Waals surface area contributed by atoms with E-state index < -0.39 is 0 Å². The maximum atomic E-state index is 10.4. The van der Waals surface area contributed by atoms with Crippen molar-refractivity contribution < 1.29 is 4.92 Å². The Morgan fingerprint density at radius 3 is 2.33 bits per heavy atom. The Balaban J connectivity index is 2.39. The lowest BCUT2D eigenvalue weighted by Crippen LogP contribution is -1.98. The van der Waals surface area contributed by atoms with Crippen LogP contribution in [-0.2, 0) is 6.42 Å². The quantitative estimate of drug-likeness (QED) is 0.443. The summed E-state index contributed by atoms with van der Waals surface area (Å²) in [5.74, 6) is 0. The number of hydrogen-bond donors (Lipinski definition) is 1. The zero-order chi connectivity index (χ0) is 11.1. The topological polar surface area (TPSA) is 69.2 Å². The Bertz CT molecular complexity index is 309. The van der Waals surface area contributed by atoms with Gasteiger partial charge in [0.15, 0.2) is 0 Å². The maximum Gasteiger partial charge on any atom is 0.269 e. The Hall–Kier alpha value is -1.42.